The number of nitrogens with one attached hydrogen (secondary N) is 4. The van der Waals surface area contributed by atoms with Gasteiger partial charge in [-0.1, -0.05) is 36.4 Å². The summed E-state index contributed by atoms with van der Waals surface area (Å²) < 4.78 is 10.7. The van der Waals surface area contributed by atoms with Gasteiger partial charge in [0.05, 0.1) is 12.8 Å². The van der Waals surface area contributed by atoms with E-state index in [9.17, 15) is 14.7 Å². The largest absolute Gasteiger partial charge is 0.507 e. The molecule has 0 saturated carbocycles. The Kier molecular flexibility index (Phi) is 7.60. The van der Waals surface area contributed by atoms with Crippen LogP contribution in [0.15, 0.2) is 83.9 Å². The van der Waals surface area contributed by atoms with Crippen molar-refractivity contribution in [3.63, 3.8) is 0 Å². The van der Waals surface area contributed by atoms with E-state index in [2.05, 4.69) is 16.0 Å². The Morgan fingerprint density at radius 2 is 1.69 bits per heavy atom. The van der Waals surface area contributed by atoms with Crippen molar-refractivity contribution in [3.8, 4) is 5.75 Å². The zero-order valence-corrected chi connectivity index (χ0v) is 19.9. The number of methoxy groups -OCH3 is 1. The average molecular weight is 477 g/mol. The van der Waals surface area contributed by atoms with Gasteiger partial charge in [0, 0.05) is 23.0 Å². The van der Waals surface area contributed by atoms with E-state index >= 15 is 0 Å². The third-order valence-corrected chi connectivity index (χ3v) is 4.72. The number of amides is 2. The SMILES string of the molecule is COC1=CC(c2ccccc2O)=CN/C1=C(\C(=N)NC(=O)OC(C)(C)C)C(=O)Nc1ccccc1. The number of phenols is 1. The molecule has 0 atom stereocenters. The second-order valence-electron chi connectivity index (χ2n) is 8.55. The number of hydrogen-bond acceptors (Lipinski definition) is 7. The van der Waals surface area contributed by atoms with Crippen LogP contribution in [0.25, 0.3) is 5.57 Å². The van der Waals surface area contributed by atoms with Crippen molar-refractivity contribution in [2.75, 3.05) is 12.4 Å². The van der Waals surface area contributed by atoms with Crippen molar-refractivity contribution >= 4 is 29.1 Å². The summed E-state index contributed by atoms with van der Waals surface area (Å²) in [6.45, 7) is 5.08. The lowest BCUT2D eigenvalue weighted by Crippen LogP contribution is -2.40. The molecule has 182 valence electrons. The third kappa shape index (κ3) is 6.50. The van der Waals surface area contributed by atoms with Gasteiger partial charge in [0.25, 0.3) is 5.91 Å². The summed E-state index contributed by atoms with van der Waals surface area (Å²) in [4.78, 5) is 25.6. The molecule has 0 unspecified atom stereocenters. The number of aromatic hydroxyl groups is 1. The Bertz CT molecular complexity index is 1220. The van der Waals surface area contributed by atoms with Gasteiger partial charge >= 0.3 is 6.09 Å². The van der Waals surface area contributed by atoms with Gasteiger partial charge in [-0.3, -0.25) is 15.5 Å². The predicted octanol–water partition coefficient (Wildman–Crippen LogP) is 4.26. The number of amidine groups is 1. The maximum Gasteiger partial charge on any atom is 0.413 e. The lowest BCUT2D eigenvalue weighted by Gasteiger charge is -2.23. The van der Waals surface area contributed by atoms with Crippen LogP contribution in [0.2, 0.25) is 0 Å². The molecule has 2 aromatic carbocycles. The summed E-state index contributed by atoms with van der Waals surface area (Å²) >= 11 is 0. The van der Waals surface area contributed by atoms with Crippen LogP contribution in [0.5, 0.6) is 5.75 Å². The molecule has 0 bridgehead atoms. The number of anilines is 1. The van der Waals surface area contributed by atoms with E-state index in [4.69, 9.17) is 14.9 Å². The zero-order chi connectivity index (χ0) is 25.6. The molecule has 5 N–H and O–H groups in total. The fraction of sp³-hybridized carbons (Fsp3) is 0.192. The van der Waals surface area contributed by atoms with Crippen LogP contribution in [0.3, 0.4) is 0 Å². The van der Waals surface area contributed by atoms with E-state index in [-0.39, 0.29) is 22.8 Å². The van der Waals surface area contributed by atoms with E-state index < -0.39 is 23.4 Å². The quantitative estimate of drug-likeness (QED) is 0.249. The molecule has 2 aromatic rings. The summed E-state index contributed by atoms with van der Waals surface area (Å²) in [5, 5.41) is 26.8. The standard InChI is InChI=1S/C26H28N4O5/c1-26(2,3)35-25(33)30-23(27)21(24(32)29-17-10-6-5-7-11-17)22-20(34-4)14-16(15-28-22)18-12-8-9-13-19(18)31/h5-15,28,31H,1-4H3,(H,29,32)(H2,27,30,33)/b22-21+. The summed E-state index contributed by atoms with van der Waals surface area (Å²) in [7, 11) is 1.42. The van der Waals surface area contributed by atoms with Gasteiger partial charge in [-0.15, -0.1) is 0 Å². The highest BCUT2D eigenvalue weighted by molar-refractivity contribution is 6.26. The summed E-state index contributed by atoms with van der Waals surface area (Å²) in [6.07, 6.45) is 2.32. The number of rotatable bonds is 5. The van der Waals surface area contributed by atoms with E-state index in [1.807, 2.05) is 0 Å². The highest BCUT2D eigenvalue weighted by Gasteiger charge is 2.28. The summed E-state index contributed by atoms with van der Waals surface area (Å²) in [5.41, 5.74) is 0.829. The van der Waals surface area contributed by atoms with Crippen molar-refractivity contribution in [2.45, 2.75) is 26.4 Å². The molecule has 0 spiro atoms. The summed E-state index contributed by atoms with van der Waals surface area (Å²) in [6, 6.07) is 15.5. The van der Waals surface area contributed by atoms with Crippen molar-refractivity contribution in [1.82, 2.24) is 10.6 Å². The molecule has 9 nitrogen and oxygen atoms in total. The topological polar surface area (TPSA) is 133 Å². The molecule has 1 heterocycles. The van der Waals surface area contributed by atoms with E-state index in [0.29, 0.717) is 16.8 Å². The number of carbonyl (C=O) groups is 2. The highest BCUT2D eigenvalue weighted by atomic mass is 16.6. The molecule has 35 heavy (non-hydrogen) atoms. The van der Waals surface area contributed by atoms with Crippen LogP contribution in [0.4, 0.5) is 10.5 Å². The molecule has 0 fully saturated rings. The van der Waals surface area contributed by atoms with Gasteiger partial charge in [-0.2, -0.15) is 0 Å². The van der Waals surface area contributed by atoms with Crippen LogP contribution in [0.1, 0.15) is 26.3 Å². The fourth-order valence-electron chi connectivity index (χ4n) is 3.24. The first-order valence-electron chi connectivity index (χ1n) is 10.8. The molecule has 0 radical (unpaired) electrons. The van der Waals surface area contributed by atoms with Crippen molar-refractivity contribution in [3.05, 3.63) is 89.5 Å². The van der Waals surface area contributed by atoms with Crippen molar-refractivity contribution in [1.29, 1.82) is 5.41 Å². The number of phenolic OH excluding ortho intramolecular Hbond substituents is 1. The van der Waals surface area contributed by atoms with Crippen molar-refractivity contribution in [2.24, 2.45) is 0 Å². The minimum absolute atomic E-state index is 0.0704. The molecule has 9 heteroatoms. The summed E-state index contributed by atoms with van der Waals surface area (Å²) in [5.74, 6) is -0.847. The number of alkyl carbamates (subject to hydrolysis) is 1. The molecule has 0 aromatic heterocycles. The minimum atomic E-state index is -0.877. The second kappa shape index (κ2) is 10.6. The molecule has 0 aliphatic carbocycles. The van der Waals surface area contributed by atoms with Crippen LogP contribution < -0.4 is 16.0 Å². The van der Waals surface area contributed by atoms with Crippen LogP contribution in [-0.4, -0.2) is 35.7 Å². The second-order valence-corrected chi connectivity index (χ2v) is 8.55. The molecule has 1 aliphatic rings. The fourth-order valence-corrected chi connectivity index (χ4v) is 3.24. The lowest BCUT2D eigenvalue weighted by molar-refractivity contribution is -0.112. The van der Waals surface area contributed by atoms with Crippen molar-refractivity contribution < 1.29 is 24.2 Å². The Hall–Kier alpha value is -4.53. The zero-order valence-electron chi connectivity index (χ0n) is 19.9. The van der Waals surface area contributed by atoms with Gasteiger partial charge in [0.15, 0.2) is 0 Å². The van der Waals surface area contributed by atoms with Crippen LogP contribution in [-0.2, 0) is 14.3 Å². The monoisotopic (exact) mass is 476 g/mol. The lowest BCUT2D eigenvalue weighted by atomic mass is 10.00. The molecule has 2 amide bonds. The highest BCUT2D eigenvalue weighted by Crippen LogP contribution is 2.31. The predicted molar refractivity (Wildman–Crippen MR) is 134 cm³/mol. The number of dihydropyridines is 1. The minimum Gasteiger partial charge on any atom is -0.507 e. The first-order valence-corrected chi connectivity index (χ1v) is 10.8. The van der Waals surface area contributed by atoms with Gasteiger partial charge in [0.1, 0.15) is 28.5 Å². The number of benzene rings is 2. The normalized spacial score (nSPS) is 14.5. The van der Waals surface area contributed by atoms with E-state index in [0.717, 1.165) is 0 Å². The first kappa shape index (κ1) is 25.1. The third-order valence-electron chi connectivity index (χ3n) is 4.72. The number of hydrogen-bond donors (Lipinski definition) is 5. The Labute approximate surface area is 203 Å². The van der Waals surface area contributed by atoms with Gasteiger partial charge in [0.2, 0.25) is 0 Å². The molecule has 0 saturated heterocycles. The number of ether oxygens (including phenoxy) is 2. The first-order chi connectivity index (χ1) is 16.6. The maximum absolute atomic E-state index is 13.3. The molecular formula is C26H28N4O5. The van der Waals surface area contributed by atoms with Gasteiger partial charge in [-0.25, -0.2) is 4.79 Å². The van der Waals surface area contributed by atoms with Gasteiger partial charge in [-0.05, 0) is 45.0 Å². The smallest absolute Gasteiger partial charge is 0.413 e. The Morgan fingerprint density at radius 3 is 2.31 bits per heavy atom. The van der Waals surface area contributed by atoms with E-state index in [1.165, 1.54) is 7.11 Å². The molecule has 3 rings (SSSR count). The van der Waals surface area contributed by atoms with E-state index in [1.54, 1.807) is 87.6 Å². The molecular weight excluding hydrogens is 448 g/mol. The maximum atomic E-state index is 13.3. The van der Waals surface area contributed by atoms with Crippen LogP contribution >= 0.6 is 0 Å². The Morgan fingerprint density at radius 1 is 1.03 bits per heavy atom. The number of carbonyl (C=O) groups excluding carboxylic acids is 2. The molecule has 1 aliphatic heterocycles. The number of allylic oxidation sites excluding steroid dienone is 2. The van der Waals surface area contributed by atoms with Crippen LogP contribution in [0, 0.1) is 5.41 Å². The average Bonchev–Trinajstić information content (AvgIpc) is 2.79. The van der Waals surface area contributed by atoms with Gasteiger partial charge < -0.3 is 25.2 Å². The number of para-hydroxylation sites is 2. The Balaban J connectivity index is 2.01.